The first-order valence-corrected chi connectivity index (χ1v) is 13.0. The van der Waals surface area contributed by atoms with Gasteiger partial charge in [0.15, 0.2) is 0 Å². The van der Waals surface area contributed by atoms with Gasteiger partial charge >= 0.3 is 0 Å². The fourth-order valence-corrected chi connectivity index (χ4v) is 3.68. The first-order valence-electron chi connectivity index (χ1n) is 13.0. The van der Waals surface area contributed by atoms with Gasteiger partial charge in [-0.3, -0.25) is 0 Å². The Kier molecular flexibility index (Phi) is 34.0. The Balaban J connectivity index is 0. The molecular weight excluding hydrogens is 344 g/mol. The fraction of sp³-hybridized carbons (Fsp3) is 1.00. The third-order valence-corrected chi connectivity index (χ3v) is 5.56. The number of aliphatic hydroxyl groups excluding tert-OH is 2. The molecule has 0 aromatic heterocycles. The van der Waals surface area contributed by atoms with Gasteiger partial charge in [-0.2, -0.15) is 0 Å². The van der Waals surface area contributed by atoms with Crippen molar-refractivity contribution in [1.82, 2.24) is 0 Å². The Morgan fingerprint density at radius 2 is 0.429 bits per heavy atom. The van der Waals surface area contributed by atoms with E-state index in [2.05, 4.69) is 13.8 Å². The summed E-state index contributed by atoms with van der Waals surface area (Å²) in [5.74, 6) is 0. The molecule has 0 radical (unpaired) electrons. The second kappa shape index (κ2) is 31.6. The Labute approximate surface area is 178 Å². The maximum absolute atomic E-state index is 7.62. The molecule has 0 rings (SSSR count). The minimum absolute atomic E-state index is 0.125. The number of aliphatic hydroxyl groups is 2. The predicted molar refractivity (Wildman–Crippen MR) is 127 cm³/mol. The molecule has 0 saturated carbocycles. The van der Waals surface area contributed by atoms with E-state index in [0.29, 0.717) is 0 Å². The van der Waals surface area contributed by atoms with E-state index in [1.807, 2.05) is 0 Å². The van der Waals surface area contributed by atoms with Crippen LogP contribution in [0.15, 0.2) is 0 Å². The molecule has 0 bridgehead atoms. The van der Waals surface area contributed by atoms with Gasteiger partial charge in [-0.05, 0) is 0 Å². The molecule has 0 spiro atoms. The highest BCUT2D eigenvalue weighted by Gasteiger charge is 1.95. The van der Waals surface area contributed by atoms with Gasteiger partial charge in [0.25, 0.3) is 0 Å². The lowest BCUT2D eigenvalue weighted by Crippen LogP contribution is -1.85. The SMILES string of the molecule is CCCCCCCCCCCCCCCCCCCCCCCC.OCCO. The van der Waals surface area contributed by atoms with Gasteiger partial charge in [0, 0.05) is 0 Å². The molecule has 172 valence electrons. The molecule has 0 aliphatic rings. The van der Waals surface area contributed by atoms with Crippen molar-refractivity contribution in [3.05, 3.63) is 0 Å². The number of unbranched alkanes of at least 4 members (excludes halogenated alkanes) is 21. The van der Waals surface area contributed by atoms with E-state index in [0.717, 1.165) is 0 Å². The first kappa shape index (κ1) is 30.1. The van der Waals surface area contributed by atoms with E-state index in [1.54, 1.807) is 0 Å². The Bertz CT molecular complexity index is 206. The summed E-state index contributed by atoms with van der Waals surface area (Å²) in [5, 5.41) is 15.2. The largest absolute Gasteiger partial charge is 0.394 e. The van der Waals surface area contributed by atoms with Gasteiger partial charge in [-0.15, -0.1) is 0 Å². The molecule has 0 saturated heterocycles. The molecule has 0 heterocycles. The number of hydrogen-bond donors (Lipinski definition) is 2. The molecule has 0 aromatic rings. The van der Waals surface area contributed by atoms with Crippen LogP contribution in [0.25, 0.3) is 0 Å². The lowest BCUT2D eigenvalue weighted by Gasteiger charge is -2.04. The van der Waals surface area contributed by atoms with Crippen molar-refractivity contribution in [2.75, 3.05) is 13.2 Å². The normalized spacial score (nSPS) is 10.7. The van der Waals surface area contributed by atoms with Gasteiger partial charge in [-0.1, -0.05) is 155 Å². The van der Waals surface area contributed by atoms with Crippen LogP contribution in [0.4, 0.5) is 0 Å². The van der Waals surface area contributed by atoms with Crippen molar-refractivity contribution in [3.8, 4) is 0 Å². The number of hydrogen-bond acceptors (Lipinski definition) is 2. The summed E-state index contributed by atoms with van der Waals surface area (Å²) in [6.07, 6.45) is 32.4. The molecule has 2 N–H and O–H groups in total. The quantitative estimate of drug-likeness (QED) is 0.179. The summed E-state index contributed by atoms with van der Waals surface area (Å²) in [4.78, 5) is 0. The van der Waals surface area contributed by atoms with Gasteiger partial charge in [0.2, 0.25) is 0 Å². The zero-order valence-corrected chi connectivity index (χ0v) is 19.9. The zero-order chi connectivity index (χ0) is 21.0. The second-order valence-electron chi connectivity index (χ2n) is 8.52. The monoisotopic (exact) mass is 400 g/mol. The average Bonchev–Trinajstić information content (AvgIpc) is 2.72. The molecule has 0 amide bonds. The molecule has 0 aliphatic carbocycles. The van der Waals surface area contributed by atoms with Gasteiger partial charge in [0.05, 0.1) is 13.2 Å². The van der Waals surface area contributed by atoms with E-state index in [-0.39, 0.29) is 13.2 Å². The van der Waals surface area contributed by atoms with E-state index in [4.69, 9.17) is 10.2 Å². The van der Waals surface area contributed by atoms with Crippen LogP contribution in [0, 0.1) is 0 Å². The molecule has 2 nitrogen and oxygen atoms in total. The summed E-state index contributed by atoms with van der Waals surface area (Å²) < 4.78 is 0. The zero-order valence-electron chi connectivity index (χ0n) is 19.9. The lowest BCUT2D eigenvalue weighted by atomic mass is 10.0. The summed E-state index contributed by atoms with van der Waals surface area (Å²) in [5.41, 5.74) is 0. The Hall–Kier alpha value is -0.0800. The van der Waals surface area contributed by atoms with E-state index in [9.17, 15) is 0 Å². The smallest absolute Gasteiger partial charge is 0.0662 e. The van der Waals surface area contributed by atoms with Crippen LogP contribution in [0.2, 0.25) is 0 Å². The lowest BCUT2D eigenvalue weighted by molar-refractivity contribution is 0.186. The van der Waals surface area contributed by atoms with E-state index >= 15 is 0 Å². The van der Waals surface area contributed by atoms with Crippen LogP contribution in [0.3, 0.4) is 0 Å². The summed E-state index contributed by atoms with van der Waals surface area (Å²) in [6.45, 7) is 4.35. The van der Waals surface area contributed by atoms with E-state index < -0.39 is 0 Å². The molecule has 0 aliphatic heterocycles. The third kappa shape index (κ3) is 33.5. The van der Waals surface area contributed by atoms with Crippen molar-refractivity contribution in [2.45, 2.75) is 155 Å². The minimum atomic E-state index is -0.125. The van der Waals surface area contributed by atoms with Crippen LogP contribution >= 0.6 is 0 Å². The first-order chi connectivity index (χ1) is 13.8. The average molecular weight is 401 g/mol. The molecule has 0 fully saturated rings. The molecular formula is C26H56O2. The molecule has 0 atom stereocenters. The fourth-order valence-electron chi connectivity index (χ4n) is 3.68. The van der Waals surface area contributed by atoms with Crippen LogP contribution in [0.1, 0.15) is 155 Å². The molecule has 0 aromatic carbocycles. The van der Waals surface area contributed by atoms with Gasteiger partial charge < -0.3 is 10.2 Å². The Morgan fingerprint density at radius 1 is 0.286 bits per heavy atom. The molecule has 2 heteroatoms. The van der Waals surface area contributed by atoms with Crippen LogP contribution < -0.4 is 0 Å². The standard InChI is InChI=1S/C24H50.C2H6O2/c1-3-5-7-9-11-13-15-17-19-21-23-24-22-20-18-16-14-12-10-8-6-4-2;3-1-2-4/h3-24H2,1-2H3;3-4H,1-2H2. The predicted octanol–water partition coefficient (Wildman–Crippen LogP) is 8.58. The summed E-state index contributed by atoms with van der Waals surface area (Å²) in [6, 6.07) is 0. The highest BCUT2D eigenvalue weighted by Crippen LogP contribution is 2.15. The summed E-state index contributed by atoms with van der Waals surface area (Å²) in [7, 11) is 0. The Morgan fingerprint density at radius 3 is 0.536 bits per heavy atom. The van der Waals surface area contributed by atoms with Crippen LogP contribution in [-0.2, 0) is 0 Å². The van der Waals surface area contributed by atoms with Crippen molar-refractivity contribution in [2.24, 2.45) is 0 Å². The van der Waals surface area contributed by atoms with Crippen molar-refractivity contribution in [3.63, 3.8) is 0 Å². The van der Waals surface area contributed by atoms with Crippen LogP contribution in [0.5, 0.6) is 0 Å². The molecule has 0 unspecified atom stereocenters. The van der Waals surface area contributed by atoms with Gasteiger partial charge in [0.1, 0.15) is 0 Å². The molecule has 28 heavy (non-hydrogen) atoms. The van der Waals surface area contributed by atoms with Crippen molar-refractivity contribution < 1.29 is 10.2 Å². The van der Waals surface area contributed by atoms with Crippen molar-refractivity contribution in [1.29, 1.82) is 0 Å². The highest BCUT2D eigenvalue weighted by atomic mass is 16.3. The highest BCUT2D eigenvalue weighted by molar-refractivity contribution is 4.50. The summed E-state index contributed by atoms with van der Waals surface area (Å²) >= 11 is 0. The second-order valence-corrected chi connectivity index (χ2v) is 8.52. The van der Waals surface area contributed by atoms with Gasteiger partial charge in [-0.25, -0.2) is 0 Å². The third-order valence-electron chi connectivity index (χ3n) is 5.56. The maximum atomic E-state index is 7.62. The number of rotatable bonds is 22. The maximum Gasteiger partial charge on any atom is 0.0662 e. The van der Waals surface area contributed by atoms with Crippen molar-refractivity contribution >= 4 is 0 Å². The van der Waals surface area contributed by atoms with E-state index in [1.165, 1.54) is 141 Å². The minimum Gasteiger partial charge on any atom is -0.394 e. The van der Waals surface area contributed by atoms with Crippen LogP contribution in [-0.4, -0.2) is 23.4 Å². The topological polar surface area (TPSA) is 40.5 Å².